The zero-order valence-corrected chi connectivity index (χ0v) is 10.7. The molecule has 1 rings (SSSR count). The molecule has 0 aliphatic carbocycles. The monoisotopic (exact) mass is 283 g/mol. The highest BCUT2D eigenvalue weighted by Gasteiger charge is 2.16. The maximum Gasteiger partial charge on any atom is 0.247 e. The molecule has 0 aromatic heterocycles. The predicted octanol–water partition coefficient (Wildman–Crippen LogP) is -1.18. The first kappa shape index (κ1) is 15.1. The Morgan fingerprint density at radius 3 is 2.79 bits per heavy atom. The Labute approximate surface area is 110 Å². The van der Waals surface area contributed by atoms with Gasteiger partial charge in [-0.2, -0.15) is 5.26 Å². The number of benzene rings is 1. The van der Waals surface area contributed by atoms with E-state index in [4.69, 9.17) is 16.1 Å². The van der Waals surface area contributed by atoms with Crippen LogP contribution in [0.4, 0.5) is 0 Å². The van der Waals surface area contributed by atoms with Gasteiger partial charge in [0.15, 0.2) is 0 Å². The van der Waals surface area contributed by atoms with Crippen molar-refractivity contribution < 1.29 is 18.3 Å². The molecule has 0 radical (unpaired) electrons. The molecule has 1 aromatic rings. The highest BCUT2D eigenvalue weighted by molar-refractivity contribution is 7.88. The number of nitrogens with zero attached hydrogens (tertiary/aromatic N) is 1. The van der Waals surface area contributed by atoms with E-state index in [2.05, 4.69) is 4.72 Å². The van der Waals surface area contributed by atoms with E-state index in [1.54, 1.807) is 18.2 Å². The molecule has 0 saturated carbocycles. The van der Waals surface area contributed by atoms with Gasteiger partial charge in [0, 0.05) is 6.54 Å². The quantitative estimate of drug-likeness (QED) is 0.604. The molecule has 4 N–H and O–H groups in total. The van der Waals surface area contributed by atoms with E-state index in [-0.39, 0.29) is 5.75 Å². The third kappa shape index (κ3) is 5.05. The molecule has 102 valence electrons. The van der Waals surface area contributed by atoms with Crippen molar-refractivity contribution in [3.63, 3.8) is 0 Å². The summed E-state index contributed by atoms with van der Waals surface area (Å²) in [6, 6.07) is 8.04. The molecule has 1 amide bonds. The number of nitrogens with one attached hydrogen (secondary N) is 1. The molecular formula is C11H13N3O4S. The number of amides is 1. The number of carbonyl (C=O) groups excluding carboxylic acids is 1. The fourth-order valence-corrected chi connectivity index (χ4v) is 2.44. The second-order valence-electron chi connectivity index (χ2n) is 3.84. The summed E-state index contributed by atoms with van der Waals surface area (Å²) in [5.74, 6) is -1.36. The number of carbonyl (C=O) groups is 1. The van der Waals surface area contributed by atoms with Crippen molar-refractivity contribution in [3.05, 3.63) is 35.4 Å². The highest BCUT2D eigenvalue weighted by Crippen LogP contribution is 2.07. The number of nitrogens with two attached hydrogens (primary N) is 1. The van der Waals surface area contributed by atoms with Crippen LogP contribution in [0.1, 0.15) is 11.1 Å². The number of hydrogen-bond donors (Lipinski definition) is 3. The average molecular weight is 283 g/mol. The Bertz CT molecular complexity index is 607. The summed E-state index contributed by atoms with van der Waals surface area (Å²) in [5, 5.41) is 17.8. The number of aliphatic hydroxyl groups excluding tert-OH is 1. The van der Waals surface area contributed by atoms with Crippen molar-refractivity contribution in [1.82, 2.24) is 4.72 Å². The summed E-state index contributed by atoms with van der Waals surface area (Å²) >= 11 is 0. The number of nitriles is 1. The maximum absolute atomic E-state index is 11.7. The minimum absolute atomic E-state index is 0.352. The molecule has 0 bridgehead atoms. The maximum atomic E-state index is 11.7. The molecule has 0 heterocycles. The van der Waals surface area contributed by atoms with Gasteiger partial charge in [0.05, 0.1) is 17.4 Å². The fourth-order valence-electron chi connectivity index (χ4n) is 1.31. The van der Waals surface area contributed by atoms with Gasteiger partial charge in [-0.05, 0) is 17.7 Å². The summed E-state index contributed by atoms with van der Waals surface area (Å²) in [5.41, 5.74) is 5.58. The number of primary amides is 1. The van der Waals surface area contributed by atoms with Gasteiger partial charge in [0.1, 0.15) is 6.10 Å². The van der Waals surface area contributed by atoms with Crippen LogP contribution in [0.5, 0.6) is 0 Å². The zero-order chi connectivity index (χ0) is 14.5. The lowest BCUT2D eigenvalue weighted by Crippen LogP contribution is -2.40. The van der Waals surface area contributed by atoms with Crippen LogP contribution in [-0.4, -0.2) is 32.1 Å². The zero-order valence-electron chi connectivity index (χ0n) is 9.91. The Morgan fingerprint density at radius 2 is 2.21 bits per heavy atom. The Morgan fingerprint density at radius 1 is 1.53 bits per heavy atom. The van der Waals surface area contributed by atoms with Gasteiger partial charge in [-0.3, -0.25) is 4.79 Å². The number of sulfonamides is 1. The summed E-state index contributed by atoms with van der Waals surface area (Å²) in [6.45, 7) is -0.477. The summed E-state index contributed by atoms with van der Waals surface area (Å²) in [4.78, 5) is 10.6. The minimum atomic E-state index is -3.72. The summed E-state index contributed by atoms with van der Waals surface area (Å²) < 4.78 is 25.4. The van der Waals surface area contributed by atoms with Crippen molar-refractivity contribution in [1.29, 1.82) is 5.26 Å². The van der Waals surface area contributed by atoms with E-state index in [0.29, 0.717) is 11.1 Å². The first-order valence-electron chi connectivity index (χ1n) is 5.28. The second kappa shape index (κ2) is 6.29. The average Bonchev–Trinajstić information content (AvgIpc) is 2.35. The van der Waals surface area contributed by atoms with Gasteiger partial charge >= 0.3 is 0 Å². The number of rotatable bonds is 6. The largest absolute Gasteiger partial charge is 0.382 e. The second-order valence-corrected chi connectivity index (χ2v) is 5.64. The molecule has 0 spiro atoms. The fraction of sp³-hybridized carbons (Fsp3) is 0.273. The van der Waals surface area contributed by atoms with E-state index >= 15 is 0 Å². The van der Waals surface area contributed by atoms with Crippen LogP contribution in [0.15, 0.2) is 24.3 Å². The van der Waals surface area contributed by atoms with Crippen LogP contribution < -0.4 is 10.5 Å². The smallest absolute Gasteiger partial charge is 0.247 e. The van der Waals surface area contributed by atoms with Crippen LogP contribution in [-0.2, 0) is 20.6 Å². The van der Waals surface area contributed by atoms with Gasteiger partial charge in [-0.15, -0.1) is 0 Å². The van der Waals surface area contributed by atoms with Crippen LogP contribution in [0, 0.1) is 11.3 Å². The van der Waals surface area contributed by atoms with Crippen LogP contribution in [0.25, 0.3) is 0 Å². The van der Waals surface area contributed by atoms with Gasteiger partial charge in [-0.1, -0.05) is 12.1 Å². The topological polar surface area (TPSA) is 133 Å². The van der Waals surface area contributed by atoms with E-state index in [9.17, 15) is 13.2 Å². The first-order valence-corrected chi connectivity index (χ1v) is 6.93. The van der Waals surface area contributed by atoms with E-state index in [0.717, 1.165) is 0 Å². The molecule has 1 atom stereocenters. The molecule has 0 fully saturated rings. The minimum Gasteiger partial charge on any atom is -0.382 e. The van der Waals surface area contributed by atoms with E-state index < -0.39 is 28.6 Å². The molecule has 19 heavy (non-hydrogen) atoms. The van der Waals surface area contributed by atoms with Crippen molar-refractivity contribution in [3.8, 4) is 6.07 Å². The highest BCUT2D eigenvalue weighted by atomic mass is 32.2. The SMILES string of the molecule is N#Cc1cccc(CS(=O)(=O)NCC(O)C(N)=O)c1. The van der Waals surface area contributed by atoms with Crippen molar-refractivity contribution >= 4 is 15.9 Å². The van der Waals surface area contributed by atoms with Crippen LogP contribution >= 0.6 is 0 Å². The standard InChI is InChI=1S/C11H13N3O4S/c12-5-8-2-1-3-9(4-8)7-19(17,18)14-6-10(15)11(13)16/h1-4,10,14-15H,6-7H2,(H2,13,16). The lowest BCUT2D eigenvalue weighted by atomic mass is 10.2. The third-order valence-electron chi connectivity index (χ3n) is 2.24. The predicted molar refractivity (Wildman–Crippen MR) is 67.0 cm³/mol. The molecule has 1 aromatic carbocycles. The molecule has 1 unspecified atom stereocenters. The van der Waals surface area contributed by atoms with Gasteiger partial charge in [0.2, 0.25) is 15.9 Å². The molecule has 0 aliphatic rings. The third-order valence-corrected chi connectivity index (χ3v) is 3.56. The summed E-state index contributed by atoms with van der Waals surface area (Å²) in [7, 11) is -3.72. The van der Waals surface area contributed by atoms with Crippen LogP contribution in [0.3, 0.4) is 0 Å². The lowest BCUT2D eigenvalue weighted by Gasteiger charge is -2.09. The summed E-state index contributed by atoms with van der Waals surface area (Å²) in [6.07, 6.45) is -1.57. The Hall–Kier alpha value is -1.95. The normalized spacial score (nSPS) is 12.6. The van der Waals surface area contributed by atoms with Crippen molar-refractivity contribution in [2.75, 3.05) is 6.54 Å². The van der Waals surface area contributed by atoms with Gasteiger partial charge in [0.25, 0.3) is 0 Å². The molecule has 8 heteroatoms. The van der Waals surface area contributed by atoms with E-state index in [1.807, 2.05) is 6.07 Å². The van der Waals surface area contributed by atoms with Crippen molar-refractivity contribution in [2.45, 2.75) is 11.9 Å². The van der Waals surface area contributed by atoms with E-state index in [1.165, 1.54) is 6.07 Å². The molecule has 0 saturated heterocycles. The number of hydrogen-bond acceptors (Lipinski definition) is 5. The Balaban J connectivity index is 2.69. The van der Waals surface area contributed by atoms with Crippen LogP contribution in [0.2, 0.25) is 0 Å². The Kier molecular flexibility index (Phi) is 5.00. The van der Waals surface area contributed by atoms with Gasteiger partial charge in [-0.25, -0.2) is 13.1 Å². The molecule has 7 nitrogen and oxygen atoms in total. The molecule has 0 aliphatic heterocycles. The number of aliphatic hydroxyl groups is 1. The van der Waals surface area contributed by atoms with Gasteiger partial charge < -0.3 is 10.8 Å². The first-order chi connectivity index (χ1) is 8.84. The lowest BCUT2D eigenvalue weighted by molar-refractivity contribution is -0.125. The molecular weight excluding hydrogens is 270 g/mol. The van der Waals surface area contributed by atoms with Crippen molar-refractivity contribution in [2.24, 2.45) is 5.73 Å².